The van der Waals surface area contributed by atoms with Crippen LogP contribution in [0.4, 0.5) is 4.39 Å². The zero-order chi connectivity index (χ0) is 17.7. The number of amides is 1. The fourth-order valence-corrected chi connectivity index (χ4v) is 4.28. The zero-order valence-corrected chi connectivity index (χ0v) is 16.0. The van der Waals surface area contributed by atoms with Crippen molar-refractivity contribution >= 4 is 18.3 Å². The van der Waals surface area contributed by atoms with Gasteiger partial charge in [-0.3, -0.25) is 4.79 Å². The van der Waals surface area contributed by atoms with Crippen LogP contribution in [0, 0.1) is 11.7 Å². The summed E-state index contributed by atoms with van der Waals surface area (Å²) in [5, 5.41) is 3.08. The van der Waals surface area contributed by atoms with Crippen LogP contribution < -0.4 is 11.1 Å². The SMILES string of the molecule is Cl.NC(C(=O)NCC1(c2cccc(F)c2)CCCCC1)C1CCOCC1. The first-order valence-corrected chi connectivity index (χ1v) is 9.48. The smallest absolute Gasteiger partial charge is 0.237 e. The summed E-state index contributed by atoms with van der Waals surface area (Å²) in [5.74, 6) is -0.119. The van der Waals surface area contributed by atoms with Gasteiger partial charge in [0.1, 0.15) is 5.82 Å². The Bertz CT molecular complexity index is 587. The van der Waals surface area contributed by atoms with Gasteiger partial charge in [-0.25, -0.2) is 4.39 Å². The van der Waals surface area contributed by atoms with E-state index in [0.717, 1.165) is 44.1 Å². The van der Waals surface area contributed by atoms with Gasteiger partial charge in [-0.1, -0.05) is 31.4 Å². The molecule has 2 fully saturated rings. The van der Waals surface area contributed by atoms with Crippen molar-refractivity contribution in [1.82, 2.24) is 5.32 Å². The molecule has 1 aliphatic heterocycles. The average molecular weight is 385 g/mol. The van der Waals surface area contributed by atoms with Crippen LogP contribution >= 0.6 is 12.4 Å². The molecule has 26 heavy (non-hydrogen) atoms. The number of rotatable bonds is 5. The van der Waals surface area contributed by atoms with E-state index < -0.39 is 6.04 Å². The number of carbonyl (C=O) groups is 1. The van der Waals surface area contributed by atoms with Crippen LogP contribution in [0.3, 0.4) is 0 Å². The highest BCUT2D eigenvalue weighted by Crippen LogP contribution is 2.39. The van der Waals surface area contributed by atoms with Gasteiger partial charge in [0.05, 0.1) is 6.04 Å². The molecule has 0 bridgehead atoms. The summed E-state index contributed by atoms with van der Waals surface area (Å²) in [7, 11) is 0. The van der Waals surface area contributed by atoms with E-state index in [1.807, 2.05) is 6.07 Å². The number of nitrogens with one attached hydrogen (secondary N) is 1. The summed E-state index contributed by atoms with van der Waals surface area (Å²) < 4.78 is 19.1. The number of benzene rings is 1. The number of hydrogen-bond acceptors (Lipinski definition) is 3. The fraction of sp³-hybridized carbons (Fsp3) is 0.650. The highest BCUT2D eigenvalue weighted by atomic mass is 35.5. The molecule has 3 N–H and O–H groups in total. The minimum absolute atomic E-state index is 0. The van der Waals surface area contributed by atoms with Crippen molar-refractivity contribution in [1.29, 1.82) is 0 Å². The quantitative estimate of drug-likeness (QED) is 0.818. The van der Waals surface area contributed by atoms with Gasteiger partial charge >= 0.3 is 0 Å². The number of nitrogens with two attached hydrogens (primary N) is 1. The van der Waals surface area contributed by atoms with E-state index in [1.165, 1.54) is 12.5 Å². The van der Waals surface area contributed by atoms with E-state index in [2.05, 4.69) is 5.32 Å². The van der Waals surface area contributed by atoms with Crippen LogP contribution in [0.2, 0.25) is 0 Å². The summed E-state index contributed by atoms with van der Waals surface area (Å²) in [6.07, 6.45) is 7.04. The third kappa shape index (κ3) is 4.96. The van der Waals surface area contributed by atoms with Gasteiger partial charge in [0.2, 0.25) is 5.91 Å². The first-order chi connectivity index (χ1) is 12.1. The van der Waals surface area contributed by atoms with Crippen LogP contribution in [-0.4, -0.2) is 31.7 Å². The van der Waals surface area contributed by atoms with Crippen LogP contribution in [0.15, 0.2) is 24.3 Å². The highest BCUT2D eigenvalue weighted by Gasteiger charge is 2.35. The number of ether oxygens (including phenoxy) is 1. The van der Waals surface area contributed by atoms with Crippen molar-refractivity contribution in [3.63, 3.8) is 0 Å². The Morgan fingerprint density at radius 3 is 2.62 bits per heavy atom. The molecule has 1 unspecified atom stereocenters. The molecule has 0 radical (unpaired) electrons. The second-order valence-electron chi connectivity index (χ2n) is 7.54. The Balaban J connectivity index is 0.00000243. The summed E-state index contributed by atoms with van der Waals surface area (Å²) in [4.78, 5) is 12.6. The molecule has 1 saturated heterocycles. The number of carbonyl (C=O) groups excluding carboxylic acids is 1. The van der Waals surface area contributed by atoms with Gasteiger partial charge in [0.15, 0.2) is 0 Å². The van der Waals surface area contributed by atoms with Gasteiger partial charge in [-0.2, -0.15) is 0 Å². The van der Waals surface area contributed by atoms with E-state index in [-0.39, 0.29) is 35.5 Å². The fourth-order valence-electron chi connectivity index (χ4n) is 4.28. The zero-order valence-electron chi connectivity index (χ0n) is 15.2. The second-order valence-corrected chi connectivity index (χ2v) is 7.54. The molecular weight excluding hydrogens is 355 g/mol. The lowest BCUT2D eigenvalue weighted by Gasteiger charge is -2.38. The molecule has 0 spiro atoms. The van der Waals surface area contributed by atoms with Gasteiger partial charge in [-0.15, -0.1) is 12.4 Å². The van der Waals surface area contributed by atoms with E-state index in [1.54, 1.807) is 12.1 Å². The Morgan fingerprint density at radius 1 is 1.27 bits per heavy atom. The van der Waals surface area contributed by atoms with Crippen molar-refractivity contribution in [3.05, 3.63) is 35.6 Å². The molecule has 4 nitrogen and oxygen atoms in total. The highest BCUT2D eigenvalue weighted by molar-refractivity contribution is 5.85. The molecule has 2 aliphatic rings. The Kier molecular flexibility index (Phi) is 7.86. The summed E-state index contributed by atoms with van der Waals surface area (Å²) in [5.41, 5.74) is 7.00. The number of hydrogen-bond donors (Lipinski definition) is 2. The lowest BCUT2D eigenvalue weighted by molar-refractivity contribution is -0.124. The molecular formula is C20H30ClFN2O2. The maximum absolute atomic E-state index is 13.7. The molecule has 1 heterocycles. The monoisotopic (exact) mass is 384 g/mol. The topological polar surface area (TPSA) is 64.4 Å². The Morgan fingerprint density at radius 2 is 1.96 bits per heavy atom. The van der Waals surface area contributed by atoms with Crippen LogP contribution in [-0.2, 0) is 14.9 Å². The maximum atomic E-state index is 13.7. The van der Waals surface area contributed by atoms with Gasteiger partial charge < -0.3 is 15.8 Å². The molecule has 1 saturated carbocycles. The molecule has 146 valence electrons. The van der Waals surface area contributed by atoms with E-state index in [0.29, 0.717) is 19.8 Å². The minimum atomic E-state index is -0.489. The molecule has 1 aliphatic carbocycles. The predicted octanol–water partition coefficient (Wildman–Crippen LogP) is 3.32. The van der Waals surface area contributed by atoms with Crippen molar-refractivity contribution in [3.8, 4) is 0 Å². The van der Waals surface area contributed by atoms with E-state index in [4.69, 9.17) is 10.5 Å². The van der Waals surface area contributed by atoms with E-state index >= 15 is 0 Å². The molecule has 6 heteroatoms. The minimum Gasteiger partial charge on any atom is -0.381 e. The molecule has 1 amide bonds. The average Bonchev–Trinajstić information content (AvgIpc) is 2.67. The van der Waals surface area contributed by atoms with Crippen LogP contribution in [0.5, 0.6) is 0 Å². The van der Waals surface area contributed by atoms with E-state index in [9.17, 15) is 9.18 Å². The standard InChI is InChI=1S/C20H29FN2O2.ClH/c21-17-6-4-5-16(13-17)20(9-2-1-3-10-20)14-23-19(24)18(22)15-7-11-25-12-8-15;/h4-6,13,15,18H,1-3,7-12,14,22H2,(H,23,24);1H. The number of halogens is 2. The van der Waals surface area contributed by atoms with Gasteiger partial charge in [0.25, 0.3) is 0 Å². The molecule has 1 atom stereocenters. The van der Waals surface area contributed by atoms with Gasteiger partial charge in [-0.05, 0) is 49.3 Å². The molecule has 3 rings (SSSR count). The maximum Gasteiger partial charge on any atom is 0.237 e. The van der Waals surface area contributed by atoms with Crippen LogP contribution in [0.1, 0.15) is 50.5 Å². The third-order valence-electron chi connectivity index (χ3n) is 5.93. The lowest BCUT2D eigenvalue weighted by atomic mass is 9.69. The van der Waals surface area contributed by atoms with Crippen molar-refractivity contribution in [2.24, 2.45) is 11.7 Å². The third-order valence-corrected chi connectivity index (χ3v) is 5.93. The Hall–Kier alpha value is -1.17. The van der Waals surface area contributed by atoms with Crippen molar-refractivity contribution < 1.29 is 13.9 Å². The summed E-state index contributed by atoms with van der Waals surface area (Å²) in [6.45, 7) is 1.89. The van der Waals surface area contributed by atoms with Crippen LogP contribution in [0.25, 0.3) is 0 Å². The largest absolute Gasteiger partial charge is 0.381 e. The summed E-state index contributed by atoms with van der Waals surface area (Å²) >= 11 is 0. The first-order valence-electron chi connectivity index (χ1n) is 9.48. The molecule has 0 aromatic heterocycles. The normalized spacial score (nSPS) is 21.5. The van der Waals surface area contributed by atoms with Gasteiger partial charge in [0, 0.05) is 25.2 Å². The predicted molar refractivity (Wildman–Crippen MR) is 103 cm³/mol. The second kappa shape index (κ2) is 9.67. The van der Waals surface area contributed by atoms with Crippen molar-refractivity contribution in [2.75, 3.05) is 19.8 Å². The van der Waals surface area contributed by atoms with Crippen molar-refractivity contribution in [2.45, 2.75) is 56.4 Å². The Labute approximate surface area is 161 Å². The molecule has 1 aromatic carbocycles. The first kappa shape index (κ1) is 21.1. The molecule has 1 aromatic rings. The lowest BCUT2D eigenvalue weighted by Crippen LogP contribution is -2.51. The summed E-state index contributed by atoms with van der Waals surface area (Å²) in [6, 6.07) is 6.35.